The molecule has 0 spiro atoms. The summed E-state index contributed by atoms with van der Waals surface area (Å²) >= 11 is 5.67. The number of hydrogen-bond donors (Lipinski definition) is 0. The quantitative estimate of drug-likeness (QED) is 0.489. The fourth-order valence-electron chi connectivity index (χ4n) is 1.53. The molecule has 0 bridgehead atoms. The van der Waals surface area contributed by atoms with Gasteiger partial charge in [0.05, 0.1) is 16.6 Å². The minimum Gasteiger partial charge on any atom is -0.434 e. The number of aryl methyl sites for hydroxylation is 1. The number of nitrogens with zero attached hydrogens (tertiary/aromatic N) is 4. The molecule has 0 aliphatic heterocycles. The molecule has 0 atom stereocenters. The Morgan fingerprint density at radius 1 is 1.45 bits per heavy atom. The number of rotatable bonds is 3. The minimum absolute atomic E-state index is 0.0986. The van der Waals surface area contributed by atoms with E-state index in [-0.39, 0.29) is 28.3 Å². The highest BCUT2D eigenvalue weighted by Gasteiger charge is 2.23. The number of benzene rings is 1. The first kappa shape index (κ1) is 13.7. The monoisotopic (exact) mass is 290 g/mol. The predicted octanol–water partition coefficient (Wildman–Crippen LogP) is 3.01. The molecule has 0 unspecified atom stereocenters. The maximum atomic E-state index is 11.0. The van der Waals surface area contributed by atoms with Crippen molar-refractivity contribution in [1.29, 1.82) is 5.26 Å². The Hall–Kier alpha value is -2.72. The molecule has 0 saturated heterocycles. The normalized spacial score (nSPS) is 9.85. The Morgan fingerprint density at radius 2 is 2.20 bits per heavy atom. The molecule has 0 amide bonds. The van der Waals surface area contributed by atoms with Crippen LogP contribution in [-0.2, 0) is 0 Å². The van der Waals surface area contributed by atoms with E-state index >= 15 is 0 Å². The lowest BCUT2D eigenvalue weighted by atomic mass is 10.2. The number of nitriles is 1. The van der Waals surface area contributed by atoms with Crippen molar-refractivity contribution in [2.45, 2.75) is 6.92 Å². The number of nitro groups is 1. The first-order valence-electron chi connectivity index (χ1n) is 5.38. The van der Waals surface area contributed by atoms with Crippen molar-refractivity contribution in [3.8, 4) is 17.7 Å². The Labute approximate surface area is 118 Å². The summed E-state index contributed by atoms with van der Waals surface area (Å²) in [5.74, 6) is -0.0103. The van der Waals surface area contributed by atoms with Gasteiger partial charge in [-0.2, -0.15) is 10.2 Å². The topological polar surface area (TPSA) is 102 Å². The third-order valence-corrected chi connectivity index (χ3v) is 2.53. The molecule has 0 saturated carbocycles. The van der Waals surface area contributed by atoms with E-state index in [1.807, 2.05) is 6.07 Å². The molecular formula is C12H7ClN4O3. The summed E-state index contributed by atoms with van der Waals surface area (Å²) in [6.45, 7) is 1.43. The van der Waals surface area contributed by atoms with Gasteiger partial charge in [-0.1, -0.05) is 6.07 Å². The number of aromatic nitrogens is 2. The largest absolute Gasteiger partial charge is 0.434 e. The smallest absolute Gasteiger partial charge is 0.352 e. The van der Waals surface area contributed by atoms with Gasteiger partial charge >= 0.3 is 11.6 Å². The summed E-state index contributed by atoms with van der Waals surface area (Å²) in [7, 11) is 0. The van der Waals surface area contributed by atoms with Crippen molar-refractivity contribution in [2.75, 3.05) is 0 Å². The van der Waals surface area contributed by atoms with Crippen LogP contribution in [0.4, 0.5) is 5.69 Å². The first-order valence-corrected chi connectivity index (χ1v) is 5.75. The van der Waals surface area contributed by atoms with Gasteiger partial charge < -0.3 is 4.74 Å². The molecule has 0 aliphatic carbocycles. The second-order valence-electron chi connectivity index (χ2n) is 3.73. The number of hydrogen-bond acceptors (Lipinski definition) is 6. The van der Waals surface area contributed by atoms with Crippen LogP contribution in [0.5, 0.6) is 11.6 Å². The molecule has 0 N–H and O–H groups in total. The maximum absolute atomic E-state index is 11.0. The van der Waals surface area contributed by atoms with Crippen molar-refractivity contribution in [3.05, 3.63) is 50.9 Å². The van der Waals surface area contributed by atoms with E-state index in [9.17, 15) is 10.1 Å². The lowest BCUT2D eigenvalue weighted by Crippen LogP contribution is -2.01. The summed E-state index contributed by atoms with van der Waals surface area (Å²) in [6.07, 6.45) is 0. The maximum Gasteiger partial charge on any atom is 0.352 e. The molecule has 0 radical (unpaired) electrons. The Bertz CT molecular complexity index is 727. The van der Waals surface area contributed by atoms with Crippen molar-refractivity contribution in [2.24, 2.45) is 0 Å². The van der Waals surface area contributed by atoms with Gasteiger partial charge in [0.1, 0.15) is 11.4 Å². The molecule has 1 heterocycles. The van der Waals surface area contributed by atoms with Gasteiger partial charge in [0.2, 0.25) is 5.28 Å². The summed E-state index contributed by atoms with van der Waals surface area (Å²) in [5.41, 5.74) is 0.0974. The molecule has 100 valence electrons. The number of halogens is 1. The molecule has 7 nitrogen and oxygen atoms in total. The van der Waals surface area contributed by atoms with Crippen molar-refractivity contribution in [3.63, 3.8) is 0 Å². The molecule has 0 fully saturated rings. The molecule has 20 heavy (non-hydrogen) atoms. The van der Waals surface area contributed by atoms with Gasteiger partial charge in [0.25, 0.3) is 0 Å². The van der Waals surface area contributed by atoms with Gasteiger partial charge in [-0.05, 0) is 36.7 Å². The average Bonchev–Trinajstić information content (AvgIpc) is 2.37. The van der Waals surface area contributed by atoms with E-state index in [1.54, 1.807) is 18.2 Å². The molecule has 0 aliphatic rings. The van der Waals surface area contributed by atoms with Crippen LogP contribution in [0.2, 0.25) is 5.28 Å². The van der Waals surface area contributed by atoms with E-state index in [4.69, 9.17) is 21.6 Å². The molecule has 2 aromatic rings. The van der Waals surface area contributed by atoms with Crippen LogP contribution in [0.3, 0.4) is 0 Å². The fourth-order valence-corrected chi connectivity index (χ4v) is 1.73. The van der Waals surface area contributed by atoms with Crippen molar-refractivity contribution in [1.82, 2.24) is 9.97 Å². The SMILES string of the molecule is Cc1nc(Cl)nc(Oc2cccc(C#N)c2)c1[N+](=O)[O-]. The van der Waals surface area contributed by atoms with E-state index in [2.05, 4.69) is 9.97 Å². The zero-order chi connectivity index (χ0) is 14.7. The third-order valence-electron chi connectivity index (χ3n) is 2.36. The summed E-state index contributed by atoms with van der Waals surface area (Å²) in [5, 5.41) is 19.7. The van der Waals surface area contributed by atoms with E-state index < -0.39 is 4.92 Å². The average molecular weight is 291 g/mol. The zero-order valence-electron chi connectivity index (χ0n) is 10.2. The van der Waals surface area contributed by atoms with Gasteiger partial charge in [-0.15, -0.1) is 0 Å². The Morgan fingerprint density at radius 3 is 2.85 bits per heavy atom. The van der Waals surface area contributed by atoms with Gasteiger partial charge in [0, 0.05) is 0 Å². The molecule has 2 rings (SSSR count). The third kappa shape index (κ3) is 2.81. The van der Waals surface area contributed by atoms with Crippen LogP contribution in [0.1, 0.15) is 11.3 Å². The van der Waals surface area contributed by atoms with Crippen LogP contribution >= 0.6 is 11.6 Å². The summed E-state index contributed by atoms with van der Waals surface area (Å²) in [6, 6.07) is 8.11. The lowest BCUT2D eigenvalue weighted by Gasteiger charge is -2.06. The standard InChI is InChI=1S/C12H7ClN4O3/c1-7-10(17(18)19)11(16-12(13)15-7)20-9-4-2-3-8(5-9)6-14/h2-5H,1H3. The zero-order valence-corrected chi connectivity index (χ0v) is 11.0. The minimum atomic E-state index is -0.644. The van der Waals surface area contributed by atoms with Crippen LogP contribution < -0.4 is 4.74 Å². The Balaban J connectivity index is 2.47. The molecule has 1 aromatic heterocycles. The van der Waals surface area contributed by atoms with Gasteiger partial charge in [-0.25, -0.2) is 4.98 Å². The van der Waals surface area contributed by atoms with Gasteiger partial charge in [0.15, 0.2) is 0 Å². The highest BCUT2D eigenvalue weighted by atomic mass is 35.5. The second kappa shape index (κ2) is 5.50. The van der Waals surface area contributed by atoms with Crippen molar-refractivity contribution < 1.29 is 9.66 Å². The predicted molar refractivity (Wildman–Crippen MR) is 69.7 cm³/mol. The van der Waals surface area contributed by atoms with E-state index in [0.717, 1.165) is 0 Å². The lowest BCUT2D eigenvalue weighted by molar-refractivity contribution is -0.386. The van der Waals surface area contributed by atoms with Crippen LogP contribution in [0.15, 0.2) is 24.3 Å². The van der Waals surface area contributed by atoms with Gasteiger partial charge in [-0.3, -0.25) is 10.1 Å². The summed E-state index contributed by atoms with van der Waals surface area (Å²) < 4.78 is 5.35. The van der Waals surface area contributed by atoms with E-state index in [0.29, 0.717) is 5.56 Å². The van der Waals surface area contributed by atoms with E-state index in [1.165, 1.54) is 13.0 Å². The Kier molecular flexibility index (Phi) is 3.77. The van der Waals surface area contributed by atoms with Crippen molar-refractivity contribution >= 4 is 17.3 Å². The molecular weight excluding hydrogens is 284 g/mol. The van der Waals surface area contributed by atoms with Crippen LogP contribution in [0.25, 0.3) is 0 Å². The summed E-state index contributed by atoms with van der Waals surface area (Å²) in [4.78, 5) is 17.8. The van der Waals surface area contributed by atoms with Crippen LogP contribution in [-0.4, -0.2) is 14.9 Å². The molecule has 1 aromatic carbocycles. The van der Waals surface area contributed by atoms with Crippen LogP contribution in [0, 0.1) is 28.4 Å². The second-order valence-corrected chi connectivity index (χ2v) is 4.07. The fraction of sp³-hybridized carbons (Fsp3) is 0.0833. The number of ether oxygens (including phenoxy) is 1. The molecule has 8 heteroatoms. The first-order chi connectivity index (χ1) is 9.51. The highest BCUT2D eigenvalue weighted by molar-refractivity contribution is 6.28. The highest BCUT2D eigenvalue weighted by Crippen LogP contribution is 2.32.